The molecule has 0 saturated carbocycles. The summed E-state index contributed by atoms with van der Waals surface area (Å²) in [6, 6.07) is 6.22. The molecule has 4 heteroatoms. The number of fused-ring (bicyclic) bond motifs is 1. The second kappa shape index (κ2) is 4.99. The summed E-state index contributed by atoms with van der Waals surface area (Å²) in [7, 11) is 1.97. The van der Waals surface area contributed by atoms with Crippen LogP contribution < -0.4 is 10.6 Å². The first-order valence-electron chi connectivity index (χ1n) is 5.64. The van der Waals surface area contributed by atoms with E-state index in [1.807, 2.05) is 20.0 Å². The Bertz CT molecular complexity index is 461. The Kier molecular flexibility index (Phi) is 3.41. The fraction of sp³-hybridized carbons (Fsp3) is 0.417. The molecule has 0 radical (unpaired) electrons. The molecule has 0 atom stereocenters. The number of benzene rings is 1. The van der Waals surface area contributed by atoms with E-state index < -0.39 is 0 Å². The zero-order chi connectivity index (χ0) is 11.4. The van der Waals surface area contributed by atoms with Gasteiger partial charge in [0.05, 0.1) is 11.0 Å². The van der Waals surface area contributed by atoms with E-state index in [-0.39, 0.29) is 0 Å². The van der Waals surface area contributed by atoms with Crippen LogP contribution in [-0.2, 0) is 0 Å². The Morgan fingerprint density at radius 1 is 1.31 bits per heavy atom. The Morgan fingerprint density at radius 3 is 3.00 bits per heavy atom. The molecule has 86 valence electrons. The van der Waals surface area contributed by atoms with Crippen molar-refractivity contribution in [1.82, 2.24) is 15.3 Å². The molecular formula is C12H18N4. The summed E-state index contributed by atoms with van der Waals surface area (Å²) in [6.07, 6.45) is 1.12. The topological polar surface area (TPSA) is 52.7 Å². The summed E-state index contributed by atoms with van der Waals surface area (Å²) in [5.74, 6) is 0.960. The average Bonchev–Trinajstić information content (AvgIpc) is 2.64. The molecule has 0 aliphatic heterocycles. The predicted octanol–water partition coefficient (Wildman–Crippen LogP) is 1.89. The number of imidazole rings is 1. The third kappa shape index (κ3) is 2.52. The van der Waals surface area contributed by atoms with Crippen LogP contribution in [0.1, 0.15) is 12.2 Å². The lowest BCUT2D eigenvalue weighted by atomic mass is 10.2. The van der Waals surface area contributed by atoms with E-state index in [9.17, 15) is 0 Å². The van der Waals surface area contributed by atoms with Crippen LogP contribution in [0.5, 0.6) is 0 Å². The number of rotatable bonds is 5. The maximum atomic E-state index is 4.37. The van der Waals surface area contributed by atoms with E-state index in [1.165, 1.54) is 0 Å². The van der Waals surface area contributed by atoms with E-state index in [0.29, 0.717) is 0 Å². The molecule has 0 aliphatic carbocycles. The predicted molar refractivity (Wildman–Crippen MR) is 67.9 cm³/mol. The van der Waals surface area contributed by atoms with Gasteiger partial charge in [-0.3, -0.25) is 0 Å². The maximum Gasteiger partial charge on any atom is 0.104 e. The van der Waals surface area contributed by atoms with Gasteiger partial charge in [0.2, 0.25) is 0 Å². The van der Waals surface area contributed by atoms with E-state index in [1.54, 1.807) is 0 Å². The molecule has 2 rings (SSSR count). The van der Waals surface area contributed by atoms with Crippen molar-refractivity contribution in [1.29, 1.82) is 0 Å². The normalized spacial score (nSPS) is 10.9. The summed E-state index contributed by atoms with van der Waals surface area (Å²) < 4.78 is 0. The highest BCUT2D eigenvalue weighted by Gasteiger charge is 1.99. The first-order chi connectivity index (χ1) is 7.79. The lowest BCUT2D eigenvalue weighted by Gasteiger charge is -2.05. The summed E-state index contributed by atoms with van der Waals surface area (Å²) in [4.78, 5) is 7.61. The zero-order valence-corrected chi connectivity index (χ0v) is 9.80. The highest BCUT2D eigenvalue weighted by Crippen LogP contribution is 2.16. The summed E-state index contributed by atoms with van der Waals surface area (Å²) in [6.45, 7) is 4.00. The van der Waals surface area contributed by atoms with Gasteiger partial charge in [-0.1, -0.05) is 0 Å². The van der Waals surface area contributed by atoms with Gasteiger partial charge in [-0.2, -0.15) is 0 Å². The largest absolute Gasteiger partial charge is 0.385 e. The number of nitrogens with one attached hydrogen (secondary N) is 3. The second-order valence-electron chi connectivity index (χ2n) is 3.94. The monoisotopic (exact) mass is 218 g/mol. The van der Waals surface area contributed by atoms with E-state index in [0.717, 1.165) is 42.1 Å². The molecular weight excluding hydrogens is 200 g/mol. The van der Waals surface area contributed by atoms with Gasteiger partial charge in [0, 0.05) is 12.2 Å². The van der Waals surface area contributed by atoms with Crippen molar-refractivity contribution in [3.8, 4) is 0 Å². The van der Waals surface area contributed by atoms with Gasteiger partial charge in [-0.15, -0.1) is 0 Å². The van der Waals surface area contributed by atoms with Crippen LogP contribution in [0.15, 0.2) is 18.2 Å². The van der Waals surface area contributed by atoms with Crippen molar-refractivity contribution in [2.75, 3.05) is 25.5 Å². The molecule has 1 aromatic carbocycles. The van der Waals surface area contributed by atoms with Crippen molar-refractivity contribution in [2.24, 2.45) is 0 Å². The van der Waals surface area contributed by atoms with E-state index in [2.05, 4.69) is 32.7 Å². The second-order valence-corrected chi connectivity index (χ2v) is 3.94. The van der Waals surface area contributed by atoms with Crippen LogP contribution in [-0.4, -0.2) is 30.1 Å². The summed E-state index contributed by atoms with van der Waals surface area (Å²) in [5.41, 5.74) is 3.27. The number of hydrogen-bond acceptors (Lipinski definition) is 3. The zero-order valence-electron chi connectivity index (χ0n) is 9.80. The minimum atomic E-state index is 0.960. The van der Waals surface area contributed by atoms with Crippen LogP contribution >= 0.6 is 0 Å². The van der Waals surface area contributed by atoms with Gasteiger partial charge < -0.3 is 15.6 Å². The SMILES string of the molecule is CNCCCNc1ccc2nc(C)[nH]c2c1. The first-order valence-corrected chi connectivity index (χ1v) is 5.64. The Labute approximate surface area is 95.5 Å². The van der Waals surface area contributed by atoms with Crippen LogP contribution in [0.4, 0.5) is 5.69 Å². The number of H-pyrrole nitrogens is 1. The molecule has 0 unspecified atom stereocenters. The van der Waals surface area contributed by atoms with Gasteiger partial charge in [0.25, 0.3) is 0 Å². The van der Waals surface area contributed by atoms with Crippen LogP contribution in [0.25, 0.3) is 11.0 Å². The number of aryl methyl sites for hydroxylation is 1. The number of aromatic amines is 1. The fourth-order valence-electron chi connectivity index (χ4n) is 1.75. The average molecular weight is 218 g/mol. The van der Waals surface area contributed by atoms with Gasteiger partial charge in [0.1, 0.15) is 5.82 Å². The maximum absolute atomic E-state index is 4.37. The lowest BCUT2D eigenvalue weighted by Crippen LogP contribution is -2.12. The quantitative estimate of drug-likeness (QED) is 0.672. The summed E-state index contributed by atoms with van der Waals surface area (Å²) >= 11 is 0. The van der Waals surface area contributed by atoms with Crippen LogP contribution in [0, 0.1) is 6.92 Å². The Morgan fingerprint density at radius 2 is 2.19 bits per heavy atom. The third-order valence-corrected chi connectivity index (χ3v) is 2.53. The molecule has 0 amide bonds. The molecule has 0 saturated heterocycles. The minimum absolute atomic E-state index is 0.960. The van der Waals surface area contributed by atoms with E-state index >= 15 is 0 Å². The number of anilines is 1. The van der Waals surface area contributed by atoms with Crippen molar-refractivity contribution >= 4 is 16.7 Å². The molecule has 4 nitrogen and oxygen atoms in total. The van der Waals surface area contributed by atoms with Crippen LogP contribution in [0.2, 0.25) is 0 Å². The Hall–Kier alpha value is -1.55. The van der Waals surface area contributed by atoms with Gasteiger partial charge in [-0.25, -0.2) is 4.98 Å². The van der Waals surface area contributed by atoms with Crippen molar-refractivity contribution in [2.45, 2.75) is 13.3 Å². The minimum Gasteiger partial charge on any atom is -0.385 e. The van der Waals surface area contributed by atoms with Crippen molar-refractivity contribution in [3.05, 3.63) is 24.0 Å². The first kappa shape index (κ1) is 11.0. The summed E-state index contributed by atoms with van der Waals surface area (Å²) in [5, 5.41) is 6.52. The van der Waals surface area contributed by atoms with Gasteiger partial charge >= 0.3 is 0 Å². The smallest absolute Gasteiger partial charge is 0.104 e. The number of nitrogens with zero attached hydrogens (tertiary/aromatic N) is 1. The molecule has 3 N–H and O–H groups in total. The standard InChI is InChI=1S/C12H18N4/c1-9-15-11-5-4-10(8-12(11)16-9)14-7-3-6-13-2/h4-5,8,13-14H,3,6-7H2,1-2H3,(H,15,16). The third-order valence-electron chi connectivity index (χ3n) is 2.53. The number of aromatic nitrogens is 2. The lowest BCUT2D eigenvalue weighted by molar-refractivity contribution is 0.748. The van der Waals surface area contributed by atoms with Gasteiger partial charge in [-0.05, 0) is 45.1 Å². The fourth-order valence-corrected chi connectivity index (χ4v) is 1.75. The molecule has 16 heavy (non-hydrogen) atoms. The van der Waals surface area contributed by atoms with Crippen LogP contribution in [0.3, 0.4) is 0 Å². The molecule has 2 aromatic rings. The van der Waals surface area contributed by atoms with E-state index in [4.69, 9.17) is 0 Å². The molecule has 0 bridgehead atoms. The molecule has 0 spiro atoms. The highest BCUT2D eigenvalue weighted by atomic mass is 14.9. The van der Waals surface area contributed by atoms with Gasteiger partial charge in [0.15, 0.2) is 0 Å². The molecule has 1 aromatic heterocycles. The Balaban J connectivity index is 2.02. The number of hydrogen-bond donors (Lipinski definition) is 3. The molecule has 0 fully saturated rings. The molecule has 1 heterocycles. The van der Waals surface area contributed by atoms with Crippen molar-refractivity contribution < 1.29 is 0 Å². The highest BCUT2D eigenvalue weighted by molar-refractivity contribution is 5.79. The van der Waals surface area contributed by atoms with Crippen molar-refractivity contribution in [3.63, 3.8) is 0 Å². The molecule has 0 aliphatic rings.